The van der Waals surface area contributed by atoms with Gasteiger partial charge in [-0.25, -0.2) is 4.79 Å². The largest absolute Gasteiger partial charge is 0.465 e. The number of nitrogens with one attached hydrogen (secondary N) is 1. The molecule has 0 aliphatic rings. The van der Waals surface area contributed by atoms with Crippen LogP contribution in [0.3, 0.4) is 0 Å². The Bertz CT molecular complexity index is 753. The Morgan fingerprint density at radius 3 is 2.56 bits per heavy atom. The lowest BCUT2D eigenvalue weighted by molar-refractivity contribution is 0.0600. The molecule has 1 aromatic carbocycles. The van der Waals surface area contributed by atoms with Crippen molar-refractivity contribution in [2.45, 2.75) is 13.1 Å². The molecule has 6 nitrogen and oxygen atoms in total. The summed E-state index contributed by atoms with van der Waals surface area (Å²) in [7, 11) is 7.05. The van der Waals surface area contributed by atoms with Gasteiger partial charge < -0.3 is 19.5 Å². The number of nitrogens with zero attached hydrogens (tertiary/aromatic N) is 3. The fraction of sp³-hybridized carbons (Fsp3) is 0.333. The van der Waals surface area contributed by atoms with Crippen LogP contribution in [0.2, 0.25) is 5.02 Å². The second kappa shape index (κ2) is 8.58. The highest BCUT2D eigenvalue weighted by molar-refractivity contribution is 6.30. The topological polar surface area (TPSA) is 58.9 Å². The molecule has 0 radical (unpaired) electrons. The van der Waals surface area contributed by atoms with Crippen molar-refractivity contribution in [1.29, 1.82) is 0 Å². The van der Waals surface area contributed by atoms with E-state index in [1.54, 1.807) is 19.2 Å². The molecule has 0 aliphatic heterocycles. The van der Waals surface area contributed by atoms with E-state index in [1.807, 2.05) is 48.0 Å². The number of hydrogen-bond donors (Lipinski definition) is 1. The van der Waals surface area contributed by atoms with Crippen LogP contribution in [-0.2, 0) is 24.9 Å². The first-order valence-corrected chi connectivity index (χ1v) is 8.22. The number of carbonyl (C=O) groups excluding carboxylic acids is 1. The molecule has 0 bridgehead atoms. The summed E-state index contributed by atoms with van der Waals surface area (Å²) < 4.78 is 6.70. The fourth-order valence-corrected chi connectivity index (χ4v) is 2.76. The third-order valence-corrected chi connectivity index (χ3v) is 4.08. The molecule has 0 atom stereocenters. The molecule has 1 N–H and O–H groups in total. The molecule has 2 rings (SSSR count). The van der Waals surface area contributed by atoms with E-state index in [0.717, 1.165) is 22.2 Å². The zero-order valence-corrected chi connectivity index (χ0v) is 15.7. The van der Waals surface area contributed by atoms with Gasteiger partial charge in [-0.2, -0.15) is 0 Å². The molecule has 0 spiro atoms. The molecule has 1 aromatic heterocycles. The van der Waals surface area contributed by atoms with E-state index in [4.69, 9.17) is 16.3 Å². The number of esters is 1. The molecule has 0 saturated carbocycles. The Morgan fingerprint density at radius 1 is 1.36 bits per heavy atom. The number of hydrogen-bond acceptors (Lipinski definition) is 3. The first kappa shape index (κ1) is 18.9. The number of guanidine groups is 1. The maximum atomic E-state index is 11.5. The number of carbonyl (C=O) groups is 1. The molecule has 0 fully saturated rings. The van der Waals surface area contributed by atoms with Crippen molar-refractivity contribution in [2.75, 3.05) is 21.2 Å². The summed E-state index contributed by atoms with van der Waals surface area (Å²) >= 11 is 6.03. The SMILES string of the molecule is CN=C(NCc1ccc(C(=O)OC)cc1)N(C)Cc1cc(Cl)cn1C. The predicted octanol–water partition coefficient (Wildman–Crippen LogP) is 2.67. The van der Waals surface area contributed by atoms with Gasteiger partial charge in [-0.15, -0.1) is 0 Å². The number of benzene rings is 1. The molecule has 25 heavy (non-hydrogen) atoms. The van der Waals surface area contributed by atoms with Crippen molar-refractivity contribution in [3.63, 3.8) is 0 Å². The number of halogens is 1. The van der Waals surface area contributed by atoms with Gasteiger partial charge in [0.15, 0.2) is 5.96 Å². The molecular weight excluding hydrogens is 340 g/mol. The Labute approximate surface area is 153 Å². The second-order valence-corrected chi connectivity index (χ2v) is 6.14. The minimum Gasteiger partial charge on any atom is -0.465 e. The molecular formula is C18H23ClN4O2. The third-order valence-electron chi connectivity index (χ3n) is 3.87. The number of aromatic nitrogens is 1. The first-order valence-electron chi connectivity index (χ1n) is 7.84. The van der Waals surface area contributed by atoms with Crippen LogP contribution in [0.15, 0.2) is 41.5 Å². The minimum atomic E-state index is -0.337. The lowest BCUT2D eigenvalue weighted by atomic mass is 10.1. The summed E-state index contributed by atoms with van der Waals surface area (Å²) in [4.78, 5) is 17.8. The second-order valence-electron chi connectivity index (χ2n) is 5.71. The Hall–Kier alpha value is -2.47. The van der Waals surface area contributed by atoms with Crippen molar-refractivity contribution in [2.24, 2.45) is 12.0 Å². The summed E-state index contributed by atoms with van der Waals surface area (Å²) in [5, 5.41) is 4.03. The average Bonchev–Trinajstić information content (AvgIpc) is 2.92. The van der Waals surface area contributed by atoms with Gasteiger partial charge in [0.2, 0.25) is 0 Å². The van der Waals surface area contributed by atoms with Gasteiger partial charge in [0.1, 0.15) is 0 Å². The van der Waals surface area contributed by atoms with Crippen molar-refractivity contribution in [1.82, 2.24) is 14.8 Å². The molecule has 7 heteroatoms. The quantitative estimate of drug-likeness (QED) is 0.504. The molecule has 1 heterocycles. The van der Waals surface area contributed by atoms with Crippen LogP contribution in [0, 0.1) is 0 Å². The molecule has 0 aliphatic carbocycles. The average molecular weight is 363 g/mol. The van der Waals surface area contributed by atoms with Gasteiger partial charge in [0.25, 0.3) is 0 Å². The van der Waals surface area contributed by atoms with Gasteiger partial charge in [0.05, 0.1) is 24.2 Å². The summed E-state index contributed by atoms with van der Waals surface area (Å²) in [6.07, 6.45) is 1.88. The lowest BCUT2D eigenvalue weighted by Crippen LogP contribution is -2.38. The van der Waals surface area contributed by atoms with Crippen molar-refractivity contribution in [3.8, 4) is 0 Å². The molecule has 0 unspecified atom stereocenters. The standard InChI is InChI=1S/C18H23ClN4O2/c1-20-18(23(3)12-16-9-15(19)11-22(16)2)21-10-13-5-7-14(8-6-13)17(24)25-4/h5-9,11H,10,12H2,1-4H3,(H,20,21). The Morgan fingerprint density at radius 2 is 2.04 bits per heavy atom. The van der Waals surface area contributed by atoms with Crippen LogP contribution in [-0.4, -0.2) is 42.6 Å². The highest BCUT2D eigenvalue weighted by atomic mass is 35.5. The van der Waals surface area contributed by atoms with Crippen molar-refractivity contribution >= 4 is 23.5 Å². The van der Waals surface area contributed by atoms with Crippen LogP contribution in [0.5, 0.6) is 0 Å². The van der Waals surface area contributed by atoms with Crippen LogP contribution < -0.4 is 5.32 Å². The van der Waals surface area contributed by atoms with Crippen LogP contribution >= 0.6 is 11.6 Å². The number of rotatable bonds is 5. The zero-order valence-electron chi connectivity index (χ0n) is 14.9. The summed E-state index contributed by atoms with van der Waals surface area (Å²) in [5.41, 5.74) is 2.68. The lowest BCUT2D eigenvalue weighted by Gasteiger charge is -2.22. The van der Waals surface area contributed by atoms with E-state index in [9.17, 15) is 4.79 Å². The number of ether oxygens (including phenoxy) is 1. The molecule has 2 aromatic rings. The summed E-state index contributed by atoms with van der Waals surface area (Å²) in [5.74, 6) is 0.436. The van der Waals surface area contributed by atoms with E-state index in [1.165, 1.54) is 7.11 Å². The molecule has 0 saturated heterocycles. The van der Waals surface area contributed by atoms with E-state index >= 15 is 0 Å². The Kier molecular flexibility index (Phi) is 6.47. The first-order chi connectivity index (χ1) is 11.9. The van der Waals surface area contributed by atoms with E-state index in [0.29, 0.717) is 18.7 Å². The van der Waals surface area contributed by atoms with Crippen LogP contribution in [0.4, 0.5) is 0 Å². The highest BCUT2D eigenvalue weighted by Crippen LogP contribution is 2.14. The van der Waals surface area contributed by atoms with Crippen molar-refractivity contribution < 1.29 is 9.53 Å². The number of methoxy groups -OCH3 is 1. The van der Waals surface area contributed by atoms with E-state index in [-0.39, 0.29) is 5.97 Å². The van der Waals surface area contributed by atoms with Crippen molar-refractivity contribution in [3.05, 3.63) is 58.4 Å². The van der Waals surface area contributed by atoms with E-state index < -0.39 is 0 Å². The smallest absolute Gasteiger partial charge is 0.337 e. The van der Waals surface area contributed by atoms with Gasteiger partial charge in [0, 0.05) is 39.6 Å². The highest BCUT2D eigenvalue weighted by Gasteiger charge is 2.10. The fourth-order valence-electron chi connectivity index (χ4n) is 2.48. The van der Waals surface area contributed by atoms with Gasteiger partial charge in [-0.1, -0.05) is 23.7 Å². The monoisotopic (exact) mass is 362 g/mol. The molecule has 134 valence electrons. The van der Waals surface area contributed by atoms with Gasteiger partial charge >= 0.3 is 5.97 Å². The third kappa shape index (κ3) is 5.00. The van der Waals surface area contributed by atoms with Crippen LogP contribution in [0.1, 0.15) is 21.6 Å². The zero-order chi connectivity index (χ0) is 18.4. The summed E-state index contributed by atoms with van der Waals surface area (Å²) in [6.45, 7) is 1.29. The van der Waals surface area contributed by atoms with Gasteiger partial charge in [-0.3, -0.25) is 4.99 Å². The van der Waals surface area contributed by atoms with E-state index in [2.05, 4.69) is 10.3 Å². The normalized spacial score (nSPS) is 11.3. The van der Waals surface area contributed by atoms with Crippen LogP contribution in [0.25, 0.3) is 0 Å². The minimum absolute atomic E-state index is 0.337. The Balaban J connectivity index is 1.95. The molecule has 0 amide bonds. The number of aryl methyl sites for hydroxylation is 1. The summed E-state index contributed by atoms with van der Waals surface area (Å²) in [6, 6.07) is 9.23. The maximum absolute atomic E-state index is 11.5. The van der Waals surface area contributed by atoms with Gasteiger partial charge in [-0.05, 0) is 23.8 Å². The number of aliphatic imine (C=N–C) groups is 1. The maximum Gasteiger partial charge on any atom is 0.337 e. The predicted molar refractivity (Wildman–Crippen MR) is 99.9 cm³/mol.